The van der Waals surface area contributed by atoms with E-state index in [1.807, 2.05) is 19.1 Å². The lowest BCUT2D eigenvalue weighted by atomic mass is 10.2. The molecule has 2 aromatic rings. The Morgan fingerprint density at radius 2 is 1.65 bits per heavy atom. The van der Waals surface area contributed by atoms with Crippen LogP contribution < -0.4 is 9.80 Å². The molecule has 6 nitrogen and oxygen atoms in total. The van der Waals surface area contributed by atoms with Gasteiger partial charge in [0.25, 0.3) is 0 Å². The number of rotatable bonds is 4. The number of morpholine rings is 1. The van der Waals surface area contributed by atoms with Gasteiger partial charge in [0, 0.05) is 26.2 Å². The Labute approximate surface area is 158 Å². The summed E-state index contributed by atoms with van der Waals surface area (Å²) in [6, 6.07) is 7.00. The summed E-state index contributed by atoms with van der Waals surface area (Å²) in [6.45, 7) is 6.45. The van der Waals surface area contributed by atoms with Gasteiger partial charge < -0.3 is 14.5 Å². The molecule has 26 heavy (non-hydrogen) atoms. The minimum atomic E-state index is -3.65. The monoisotopic (exact) mass is 393 g/mol. The third-order valence-corrected chi connectivity index (χ3v) is 7.82. The minimum absolute atomic E-state index is 0.190. The number of benzene rings is 1. The van der Waals surface area contributed by atoms with Crippen molar-refractivity contribution in [3.8, 4) is 0 Å². The highest BCUT2D eigenvalue weighted by molar-refractivity contribution is 7.91. The van der Waals surface area contributed by atoms with E-state index in [0.717, 1.165) is 41.6 Å². The van der Waals surface area contributed by atoms with Crippen LogP contribution in [0.3, 0.4) is 0 Å². The van der Waals surface area contributed by atoms with Crippen molar-refractivity contribution in [1.29, 1.82) is 0 Å². The Balaban J connectivity index is 1.78. The number of anilines is 2. The Morgan fingerprint density at radius 3 is 2.31 bits per heavy atom. The van der Waals surface area contributed by atoms with Gasteiger partial charge >= 0.3 is 0 Å². The van der Waals surface area contributed by atoms with Crippen molar-refractivity contribution in [1.82, 2.24) is 4.98 Å². The molecule has 0 amide bonds. The molecule has 0 spiro atoms. The molecule has 4 rings (SSSR count). The number of hydrogen-bond donors (Lipinski definition) is 0. The van der Waals surface area contributed by atoms with Crippen LogP contribution in [0.25, 0.3) is 0 Å². The predicted octanol–water partition coefficient (Wildman–Crippen LogP) is 2.72. The second-order valence-corrected chi connectivity index (χ2v) is 9.54. The molecular formula is C18H23N3O3S2. The average Bonchev–Trinajstić information content (AvgIpc) is 3.33. The summed E-state index contributed by atoms with van der Waals surface area (Å²) in [7, 11) is -3.65. The van der Waals surface area contributed by atoms with Crippen molar-refractivity contribution in [2.75, 3.05) is 49.2 Å². The first-order valence-electron chi connectivity index (χ1n) is 8.96. The minimum Gasteiger partial charge on any atom is -0.378 e. The van der Waals surface area contributed by atoms with Crippen LogP contribution in [-0.2, 0) is 14.6 Å². The van der Waals surface area contributed by atoms with Gasteiger partial charge in [0.1, 0.15) is 5.00 Å². The van der Waals surface area contributed by atoms with E-state index in [2.05, 4.69) is 14.8 Å². The van der Waals surface area contributed by atoms with Crippen molar-refractivity contribution in [3.05, 3.63) is 29.8 Å². The van der Waals surface area contributed by atoms with E-state index in [4.69, 9.17) is 4.74 Å². The molecule has 0 N–H and O–H groups in total. The van der Waals surface area contributed by atoms with Gasteiger partial charge in [0.05, 0.1) is 18.1 Å². The summed E-state index contributed by atoms with van der Waals surface area (Å²) in [6.07, 6.45) is 2.26. The number of aromatic nitrogens is 1. The molecule has 0 bridgehead atoms. The molecule has 2 aliphatic rings. The van der Waals surface area contributed by atoms with Crippen molar-refractivity contribution in [2.24, 2.45) is 0 Å². The van der Waals surface area contributed by atoms with Crippen LogP contribution in [0.4, 0.5) is 10.1 Å². The lowest BCUT2D eigenvalue weighted by Gasteiger charge is -2.27. The van der Waals surface area contributed by atoms with Crippen LogP contribution in [0.1, 0.15) is 18.4 Å². The van der Waals surface area contributed by atoms with Gasteiger partial charge in [-0.05, 0) is 31.9 Å². The molecule has 0 atom stereocenters. The Hall–Kier alpha value is -1.64. The number of hydrogen-bond acceptors (Lipinski definition) is 7. The van der Waals surface area contributed by atoms with E-state index in [1.165, 1.54) is 11.3 Å². The Kier molecular flexibility index (Phi) is 4.90. The van der Waals surface area contributed by atoms with Crippen molar-refractivity contribution in [2.45, 2.75) is 29.7 Å². The van der Waals surface area contributed by atoms with Gasteiger partial charge in [-0.2, -0.15) is 0 Å². The first-order chi connectivity index (χ1) is 12.6. The number of nitrogens with zero attached hydrogens (tertiary/aromatic N) is 3. The zero-order chi connectivity index (χ0) is 18.1. The van der Waals surface area contributed by atoms with Crippen LogP contribution in [0.5, 0.6) is 0 Å². The fourth-order valence-corrected chi connectivity index (χ4v) is 6.16. The molecule has 140 valence electrons. The van der Waals surface area contributed by atoms with Crippen molar-refractivity contribution >= 4 is 31.3 Å². The van der Waals surface area contributed by atoms with Crippen molar-refractivity contribution in [3.63, 3.8) is 0 Å². The summed E-state index contributed by atoms with van der Waals surface area (Å²) >= 11 is 1.49. The molecule has 0 aliphatic carbocycles. The summed E-state index contributed by atoms with van der Waals surface area (Å²) < 4.78 is 32.0. The van der Waals surface area contributed by atoms with E-state index in [9.17, 15) is 8.42 Å². The third kappa shape index (κ3) is 3.33. The standard InChI is InChI=1S/C18H23N3O3S2/c1-14-4-6-15(7-5-14)26(22,23)16-17(20-10-12-24-13-11-20)25-18(19-16)21-8-2-3-9-21/h4-7H,2-3,8-13H2,1H3. The van der Waals surface area contributed by atoms with Gasteiger partial charge in [-0.3, -0.25) is 0 Å². The molecule has 2 aliphatic heterocycles. The number of thiazole rings is 1. The van der Waals surface area contributed by atoms with E-state index in [-0.39, 0.29) is 5.03 Å². The Bertz CT molecular complexity index is 866. The maximum atomic E-state index is 13.3. The molecule has 2 saturated heterocycles. The maximum absolute atomic E-state index is 13.3. The zero-order valence-electron chi connectivity index (χ0n) is 14.8. The predicted molar refractivity (Wildman–Crippen MR) is 103 cm³/mol. The van der Waals surface area contributed by atoms with Crippen LogP contribution in [-0.4, -0.2) is 52.8 Å². The van der Waals surface area contributed by atoms with Crippen LogP contribution in [0.2, 0.25) is 0 Å². The number of ether oxygens (including phenoxy) is 1. The van der Waals surface area contributed by atoms with E-state index in [0.29, 0.717) is 31.2 Å². The number of aryl methyl sites for hydroxylation is 1. The molecule has 3 heterocycles. The molecular weight excluding hydrogens is 370 g/mol. The van der Waals surface area contributed by atoms with Gasteiger partial charge in [-0.25, -0.2) is 13.4 Å². The lowest BCUT2D eigenvalue weighted by molar-refractivity contribution is 0.123. The van der Waals surface area contributed by atoms with Crippen molar-refractivity contribution < 1.29 is 13.2 Å². The maximum Gasteiger partial charge on any atom is 0.226 e. The quantitative estimate of drug-likeness (QED) is 0.796. The van der Waals surface area contributed by atoms with Crippen LogP contribution >= 0.6 is 11.3 Å². The SMILES string of the molecule is Cc1ccc(S(=O)(=O)c2nc(N3CCCC3)sc2N2CCOCC2)cc1. The molecule has 8 heteroatoms. The fourth-order valence-electron chi connectivity index (χ4n) is 3.30. The van der Waals surface area contributed by atoms with Gasteiger partial charge in [0.2, 0.25) is 9.84 Å². The molecule has 0 unspecified atom stereocenters. The summed E-state index contributed by atoms with van der Waals surface area (Å²) in [5, 5.41) is 1.75. The topological polar surface area (TPSA) is 62.7 Å². The summed E-state index contributed by atoms with van der Waals surface area (Å²) in [5.74, 6) is 0. The van der Waals surface area contributed by atoms with Gasteiger partial charge in [-0.15, -0.1) is 0 Å². The van der Waals surface area contributed by atoms with E-state index in [1.54, 1.807) is 12.1 Å². The number of sulfone groups is 1. The second-order valence-electron chi connectivity index (χ2n) is 6.72. The molecule has 0 saturated carbocycles. The lowest BCUT2D eigenvalue weighted by Crippen LogP contribution is -2.36. The molecule has 2 fully saturated rings. The average molecular weight is 394 g/mol. The van der Waals surface area contributed by atoms with E-state index >= 15 is 0 Å². The molecule has 0 radical (unpaired) electrons. The normalized spacial score (nSPS) is 18.5. The molecule has 1 aromatic heterocycles. The Morgan fingerprint density at radius 1 is 1.00 bits per heavy atom. The van der Waals surface area contributed by atoms with Crippen LogP contribution in [0.15, 0.2) is 34.2 Å². The smallest absolute Gasteiger partial charge is 0.226 e. The highest BCUT2D eigenvalue weighted by Crippen LogP contribution is 2.40. The second kappa shape index (κ2) is 7.17. The van der Waals surface area contributed by atoms with Gasteiger partial charge in [-0.1, -0.05) is 29.0 Å². The van der Waals surface area contributed by atoms with Gasteiger partial charge in [0.15, 0.2) is 10.2 Å². The molecule has 1 aromatic carbocycles. The highest BCUT2D eigenvalue weighted by Gasteiger charge is 2.31. The first kappa shape index (κ1) is 17.8. The third-order valence-electron chi connectivity index (χ3n) is 4.83. The largest absolute Gasteiger partial charge is 0.378 e. The van der Waals surface area contributed by atoms with Crippen LogP contribution in [0, 0.1) is 6.92 Å². The first-order valence-corrected chi connectivity index (χ1v) is 11.3. The van der Waals surface area contributed by atoms with E-state index < -0.39 is 9.84 Å². The summed E-state index contributed by atoms with van der Waals surface area (Å²) in [5.41, 5.74) is 1.04. The fraction of sp³-hybridized carbons (Fsp3) is 0.500. The highest BCUT2D eigenvalue weighted by atomic mass is 32.2. The summed E-state index contributed by atoms with van der Waals surface area (Å²) in [4.78, 5) is 9.21. The zero-order valence-corrected chi connectivity index (χ0v) is 16.5.